The van der Waals surface area contributed by atoms with Gasteiger partial charge in [-0.25, -0.2) is 9.37 Å². The fourth-order valence-electron chi connectivity index (χ4n) is 0.475. The minimum atomic E-state index is -0.396. The molecule has 4 heteroatoms. The van der Waals surface area contributed by atoms with Gasteiger partial charge in [0.15, 0.2) is 0 Å². The Morgan fingerprint density at radius 1 is 1.70 bits per heavy atom. The maximum absolute atomic E-state index is 12.6. The van der Waals surface area contributed by atoms with Crippen LogP contribution < -0.4 is 0 Å². The maximum atomic E-state index is 12.6. The van der Waals surface area contributed by atoms with Gasteiger partial charge >= 0.3 is 0 Å². The third-order valence-corrected chi connectivity index (χ3v) is 1.72. The highest BCUT2D eigenvalue weighted by Crippen LogP contribution is 2.08. The van der Waals surface area contributed by atoms with Crippen molar-refractivity contribution in [2.24, 2.45) is 0 Å². The standard InChI is InChI=1S/C6H2FIN2/c7-5-1-4(2-9)10-3-6(5)8/h1,3H. The normalized spacial score (nSPS) is 8.90. The Morgan fingerprint density at radius 3 is 2.90 bits per heavy atom. The van der Waals surface area contributed by atoms with Crippen molar-refractivity contribution in [3.8, 4) is 6.07 Å². The molecule has 0 saturated carbocycles. The summed E-state index contributed by atoms with van der Waals surface area (Å²) < 4.78 is 13.0. The third kappa shape index (κ3) is 1.42. The second-order valence-corrected chi connectivity index (χ2v) is 2.76. The first-order valence-corrected chi connectivity index (χ1v) is 3.53. The Morgan fingerprint density at radius 2 is 2.40 bits per heavy atom. The summed E-state index contributed by atoms with van der Waals surface area (Å²) in [5.41, 5.74) is 0.109. The Bertz CT molecular complexity index is 292. The van der Waals surface area contributed by atoms with Gasteiger partial charge in [-0.15, -0.1) is 0 Å². The summed E-state index contributed by atoms with van der Waals surface area (Å²) in [6.45, 7) is 0. The summed E-state index contributed by atoms with van der Waals surface area (Å²) in [6, 6.07) is 2.85. The second-order valence-electron chi connectivity index (χ2n) is 1.60. The number of rotatable bonds is 0. The second kappa shape index (κ2) is 2.92. The molecule has 0 fully saturated rings. The minimum Gasteiger partial charge on any atom is -0.244 e. The molecule has 1 aromatic rings. The van der Waals surface area contributed by atoms with Gasteiger partial charge < -0.3 is 0 Å². The quantitative estimate of drug-likeness (QED) is 0.655. The van der Waals surface area contributed by atoms with Crippen LogP contribution in [-0.4, -0.2) is 4.98 Å². The van der Waals surface area contributed by atoms with Crippen LogP contribution in [0.1, 0.15) is 5.69 Å². The van der Waals surface area contributed by atoms with E-state index in [1.165, 1.54) is 6.20 Å². The van der Waals surface area contributed by atoms with Gasteiger partial charge in [0.1, 0.15) is 17.6 Å². The fraction of sp³-hybridized carbons (Fsp3) is 0. The summed E-state index contributed by atoms with van der Waals surface area (Å²) in [5.74, 6) is -0.396. The Labute approximate surface area is 70.8 Å². The number of pyridine rings is 1. The molecular formula is C6H2FIN2. The zero-order valence-electron chi connectivity index (χ0n) is 4.81. The number of nitriles is 1. The highest BCUT2D eigenvalue weighted by molar-refractivity contribution is 14.1. The van der Waals surface area contributed by atoms with Crippen LogP contribution in [0.3, 0.4) is 0 Å². The Balaban J connectivity index is 3.20. The number of hydrogen-bond donors (Lipinski definition) is 0. The number of aromatic nitrogens is 1. The molecule has 1 rings (SSSR count). The van der Waals surface area contributed by atoms with E-state index in [0.717, 1.165) is 6.07 Å². The van der Waals surface area contributed by atoms with Crippen molar-refractivity contribution < 1.29 is 4.39 Å². The topological polar surface area (TPSA) is 36.7 Å². The maximum Gasteiger partial charge on any atom is 0.143 e. The van der Waals surface area contributed by atoms with Crippen molar-refractivity contribution >= 4 is 22.6 Å². The molecule has 0 amide bonds. The first-order valence-electron chi connectivity index (χ1n) is 2.45. The molecule has 2 nitrogen and oxygen atoms in total. The minimum absolute atomic E-state index is 0.109. The summed E-state index contributed by atoms with van der Waals surface area (Å²) in [6.07, 6.45) is 1.33. The smallest absolute Gasteiger partial charge is 0.143 e. The summed E-state index contributed by atoms with van der Waals surface area (Å²) in [7, 11) is 0. The van der Waals surface area contributed by atoms with Crippen LogP contribution in [-0.2, 0) is 0 Å². The van der Waals surface area contributed by atoms with Gasteiger partial charge in [-0.3, -0.25) is 0 Å². The molecule has 0 unspecified atom stereocenters. The number of hydrogen-bond acceptors (Lipinski definition) is 2. The average molecular weight is 248 g/mol. The fourth-order valence-corrected chi connectivity index (χ4v) is 0.770. The number of halogens is 2. The van der Waals surface area contributed by atoms with Gasteiger partial charge in [-0.1, -0.05) is 0 Å². The molecule has 0 atom stereocenters. The summed E-state index contributed by atoms with van der Waals surface area (Å²) >= 11 is 1.81. The first kappa shape index (κ1) is 7.41. The van der Waals surface area contributed by atoms with E-state index in [4.69, 9.17) is 5.26 Å². The molecule has 0 aliphatic rings. The monoisotopic (exact) mass is 248 g/mol. The van der Waals surface area contributed by atoms with E-state index in [-0.39, 0.29) is 5.69 Å². The van der Waals surface area contributed by atoms with Crippen LogP contribution in [0, 0.1) is 20.7 Å². The van der Waals surface area contributed by atoms with E-state index in [0.29, 0.717) is 3.57 Å². The van der Waals surface area contributed by atoms with Gasteiger partial charge in [-0.2, -0.15) is 5.26 Å². The number of nitrogens with zero attached hydrogens (tertiary/aromatic N) is 2. The predicted molar refractivity (Wildman–Crippen MR) is 41.6 cm³/mol. The van der Waals surface area contributed by atoms with Gasteiger partial charge in [0.05, 0.1) is 3.57 Å². The van der Waals surface area contributed by atoms with Gasteiger partial charge in [-0.05, 0) is 22.6 Å². The molecule has 1 heterocycles. The van der Waals surface area contributed by atoms with Crippen molar-refractivity contribution in [3.63, 3.8) is 0 Å². The molecule has 0 aliphatic carbocycles. The third-order valence-electron chi connectivity index (χ3n) is 0.923. The predicted octanol–water partition coefficient (Wildman–Crippen LogP) is 1.70. The molecule has 0 bridgehead atoms. The first-order chi connectivity index (χ1) is 4.74. The van der Waals surface area contributed by atoms with E-state index >= 15 is 0 Å². The molecule has 0 aromatic carbocycles. The molecule has 10 heavy (non-hydrogen) atoms. The van der Waals surface area contributed by atoms with Crippen molar-refractivity contribution in [3.05, 3.63) is 27.3 Å². The molecule has 0 radical (unpaired) electrons. The molecular weight excluding hydrogens is 246 g/mol. The Kier molecular flexibility index (Phi) is 2.17. The average Bonchev–Trinajstić information content (AvgIpc) is 1.95. The van der Waals surface area contributed by atoms with Crippen LogP contribution in [0.5, 0.6) is 0 Å². The molecule has 0 spiro atoms. The molecule has 0 N–H and O–H groups in total. The van der Waals surface area contributed by atoms with E-state index in [9.17, 15) is 4.39 Å². The van der Waals surface area contributed by atoms with Gasteiger partial charge in [0.2, 0.25) is 0 Å². The van der Waals surface area contributed by atoms with Crippen LogP contribution >= 0.6 is 22.6 Å². The SMILES string of the molecule is N#Cc1cc(F)c(I)cn1. The molecule has 0 aliphatic heterocycles. The molecule has 0 saturated heterocycles. The van der Waals surface area contributed by atoms with Gasteiger partial charge in [0.25, 0.3) is 0 Å². The zero-order valence-corrected chi connectivity index (χ0v) is 6.96. The van der Waals surface area contributed by atoms with E-state index in [1.54, 1.807) is 6.07 Å². The van der Waals surface area contributed by atoms with Crippen LogP contribution in [0.2, 0.25) is 0 Å². The lowest BCUT2D eigenvalue weighted by atomic mass is 10.4. The largest absolute Gasteiger partial charge is 0.244 e. The lowest BCUT2D eigenvalue weighted by molar-refractivity contribution is 0.617. The lowest BCUT2D eigenvalue weighted by Crippen LogP contribution is -1.87. The Hall–Kier alpha value is -0.700. The highest BCUT2D eigenvalue weighted by atomic mass is 127. The zero-order chi connectivity index (χ0) is 7.56. The van der Waals surface area contributed by atoms with E-state index in [1.807, 2.05) is 22.6 Å². The molecule has 1 aromatic heterocycles. The summed E-state index contributed by atoms with van der Waals surface area (Å²) in [5, 5.41) is 8.27. The van der Waals surface area contributed by atoms with Crippen molar-refractivity contribution in [2.75, 3.05) is 0 Å². The van der Waals surface area contributed by atoms with Crippen molar-refractivity contribution in [1.82, 2.24) is 4.98 Å². The van der Waals surface area contributed by atoms with Crippen molar-refractivity contribution in [2.45, 2.75) is 0 Å². The van der Waals surface area contributed by atoms with Crippen LogP contribution in [0.25, 0.3) is 0 Å². The van der Waals surface area contributed by atoms with Crippen molar-refractivity contribution in [1.29, 1.82) is 5.26 Å². The van der Waals surface area contributed by atoms with Crippen LogP contribution in [0.4, 0.5) is 4.39 Å². The van der Waals surface area contributed by atoms with E-state index in [2.05, 4.69) is 4.98 Å². The summed E-state index contributed by atoms with van der Waals surface area (Å²) in [4.78, 5) is 3.65. The highest BCUT2D eigenvalue weighted by Gasteiger charge is 1.99. The lowest BCUT2D eigenvalue weighted by Gasteiger charge is -1.90. The van der Waals surface area contributed by atoms with Crippen LogP contribution in [0.15, 0.2) is 12.3 Å². The molecule has 50 valence electrons. The van der Waals surface area contributed by atoms with E-state index < -0.39 is 5.82 Å². The van der Waals surface area contributed by atoms with Gasteiger partial charge in [0, 0.05) is 12.3 Å².